The number of rotatable bonds is 4. The molecule has 0 saturated carbocycles. The number of primary amides is 1. The molecule has 2 N–H and O–H groups in total. The highest BCUT2D eigenvalue weighted by Crippen LogP contribution is 2.32. The van der Waals surface area contributed by atoms with Crippen molar-refractivity contribution >= 4 is 5.91 Å². The minimum absolute atomic E-state index is 0.146. The Balaban J connectivity index is 3.18. The van der Waals surface area contributed by atoms with Crippen molar-refractivity contribution in [3.63, 3.8) is 0 Å². The molecule has 0 aliphatic heterocycles. The van der Waals surface area contributed by atoms with Crippen molar-refractivity contribution in [1.82, 2.24) is 0 Å². The zero-order chi connectivity index (χ0) is 12.1. The Bertz CT molecular complexity index is 446. The molecule has 0 fully saturated rings. The molecule has 0 aliphatic rings. The third kappa shape index (κ3) is 2.45. The topological polar surface area (TPSA) is 61.5 Å². The van der Waals surface area contributed by atoms with Crippen LogP contribution in [0.15, 0.2) is 12.1 Å². The quantitative estimate of drug-likeness (QED) is 0.772. The lowest BCUT2D eigenvalue weighted by Crippen LogP contribution is -2.12. The first kappa shape index (κ1) is 11.9. The van der Waals surface area contributed by atoms with Crippen LogP contribution in [0.3, 0.4) is 0 Å². The molecule has 0 bridgehead atoms. The number of amides is 1. The van der Waals surface area contributed by atoms with Gasteiger partial charge in [0.05, 0.1) is 7.11 Å². The molecular formula is C12H13NO3. The summed E-state index contributed by atoms with van der Waals surface area (Å²) in [4.78, 5) is 11.0. The van der Waals surface area contributed by atoms with Gasteiger partial charge in [0.25, 0.3) is 0 Å². The SMILES string of the molecule is C#CCOc1c(C)cc(C(N)=O)cc1OC. The van der Waals surface area contributed by atoms with Gasteiger partial charge in [0.2, 0.25) is 5.91 Å². The van der Waals surface area contributed by atoms with Gasteiger partial charge in [-0.25, -0.2) is 0 Å². The predicted molar refractivity (Wildman–Crippen MR) is 60.6 cm³/mol. The number of carbonyl (C=O) groups excluding carboxylic acids is 1. The largest absolute Gasteiger partial charge is 0.493 e. The normalized spacial score (nSPS) is 9.31. The lowest BCUT2D eigenvalue weighted by atomic mass is 10.1. The third-order valence-electron chi connectivity index (χ3n) is 2.04. The summed E-state index contributed by atoms with van der Waals surface area (Å²) in [5.41, 5.74) is 6.32. The van der Waals surface area contributed by atoms with E-state index in [1.54, 1.807) is 13.0 Å². The number of aryl methyl sites for hydroxylation is 1. The molecule has 0 atom stereocenters. The van der Waals surface area contributed by atoms with E-state index in [9.17, 15) is 4.79 Å². The second kappa shape index (κ2) is 5.08. The van der Waals surface area contributed by atoms with Gasteiger partial charge >= 0.3 is 0 Å². The van der Waals surface area contributed by atoms with Crippen LogP contribution in [0.25, 0.3) is 0 Å². The Morgan fingerprint density at radius 1 is 1.56 bits per heavy atom. The fourth-order valence-corrected chi connectivity index (χ4v) is 1.33. The van der Waals surface area contributed by atoms with Crippen LogP contribution in [-0.2, 0) is 0 Å². The van der Waals surface area contributed by atoms with E-state index in [1.807, 2.05) is 0 Å². The maximum absolute atomic E-state index is 11.0. The summed E-state index contributed by atoms with van der Waals surface area (Å²) in [5, 5.41) is 0. The summed E-state index contributed by atoms with van der Waals surface area (Å²) in [6, 6.07) is 3.16. The van der Waals surface area contributed by atoms with E-state index in [4.69, 9.17) is 21.6 Å². The molecule has 0 aliphatic carbocycles. The molecule has 0 aromatic heterocycles. The molecule has 0 unspecified atom stereocenters. The fourth-order valence-electron chi connectivity index (χ4n) is 1.33. The highest BCUT2D eigenvalue weighted by Gasteiger charge is 2.12. The van der Waals surface area contributed by atoms with Crippen molar-refractivity contribution in [2.45, 2.75) is 6.92 Å². The van der Waals surface area contributed by atoms with Crippen LogP contribution in [-0.4, -0.2) is 19.6 Å². The molecule has 0 saturated heterocycles. The van der Waals surface area contributed by atoms with Gasteiger partial charge in [-0.05, 0) is 24.6 Å². The van der Waals surface area contributed by atoms with Crippen molar-refractivity contribution in [2.24, 2.45) is 5.73 Å². The van der Waals surface area contributed by atoms with Gasteiger partial charge in [0, 0.05) is 5.56 Å². The summed E-state index contributed by atoms with van der Waals surface area (Å²) in [5.74, 6) is 2.83. The first-order valence-electron chi connectivity index (χ1n) is 4.64. The van der Waals surface area contributed by atoms with Gasteiger partial charge in [-0.1, -0.05) is 5.92 Å². The number of benzene rings is 1. The maximum atomic E-state index is 11.0. The van der Waals surface area contributed by atoms with Crippen LogP contribution >= 0.6 is 0 Å². The van der Waals surface area contributed by atoms with E-state index in [-0.39, 0.29) is 6.61 Å². The van der Waals surface area contributed by atoms with E-state index in [1.165, 1.54) is 13.2 Å². The first-order chi connectivity index (χ1) is 7.60. The smallest absolute Gasteiger partial charge is 0.248 e. The molecule has 0 heterocycles. The molecule has 84 valence electrons. The summed E-state index contributed by atoms with van der Waals surface area (Å²) >= 11 is 0. The van der Waals surface area contributed by atoms with Crippen LogP contribution in [0.5, 0.6) is 11.5 Å². The summed E-state index contributed by atoms with van der Waals surface area (Å²) < 4.78 is 10.4. The molecule has 1 aromatic rings. The molecule has 1 rings (SSSR count). The standard InChI is InChI=1S/C12H13NO3/c1-4-5-16-11-8(2)6-9(12(13)14)7-10(11)15-3/h1,6-7H,5H2,2-3H3,(H2,13,14). The summed E-state index contributed by atoms with van der Waals surface area (Å²) in [6.45, 7) is 1.94. The third-order valence-corrected chi connectivity index (χ3v) is 2.04. The van der Waals surface area contributed by atoms with Crippen molar-refractivity contribution in [1.29, 1.82) is 0 Å². The van der Waals surface area contributed by atoms with Crippen LogP contribution in [0.2, 0.25) is 0 Å². The molecular weight excluding hydrogens is 206 g/mol. The van der Waals surface area contributed by atoms with Crippen LogP contribution < -0.4 is 15.2 Å². The van der Waals surface area contributed by atoms with E-state index < -0.39 is 5.91 Å². The summed E-state index contributed by atoms with van der Waals surface area (Å²) in [7, 11) is 1.49. The minimum atomic E-state index is -0.509. The molecule has 0 spiro atoms. The van der Waals surface area contributed by atoms with Gasteiger partial charge in [0.1, 0.15) is 6.61 Å². The molecule has 16 heavy (non-hydrogen) atoms. The van der Waals surface area contributed by atoms with Crippen LogP contribution in [0.4, 0.5) is 0 Å². The molecule has 4 nitrogen and oxygen atoms in total. The summed E-state index contributed by atoms with van der Waals surface area (Å²) in [6.07, 6.45) is 5.11. The molecule has 1 aromatic carbocycles. The fraction of sp³-hybridized carbons (Fsp3) is 0.250. The minimum Gasteiger partial charge on any atom is -0.493 e. The lowest BCUT2D eigenvalue weighted by molar-refractivity contribution is 0.1000. The zero-order valence-corrected chi connectivity index (χ0v) is 9.24. The number of ether oxygens (including phenoxy) is 2. The van der Waals surface area contributed by atoms with Crippen LogP contribution in [0, 0.1) is 19.3 Å². The number of nitrogens with two attached hydrogens (primary N) is 1. The second-order valence-corrected chi connectivity index (χ2v) is 3.18. The molecule has 0 radical (unpaired) electrons. The average Bonchev–Trinajstić information content (AvgIpc) is 2.26. The maximum Gasteiger partial charge on any atom is 0.248 e. The van der Waals surface area contributed by atoms with E-state index in [2.05, 4.69) is 5.92 Å². The number of carbonyl (C=O) groups is 1. The van der Waals surface area contributed by atoms with Crippen molar-refractivity contribution in [3.8, 4) is 23.8 Å². The zero-order valence-electron chi connectivity index (χ0n) is 9.24. The Morgan fingerprint density at radius 2 is 2.25 bits per heavy atom. The Labute approximate surface area is 94.3 Å². The Kier molecular flexibility index (Phi) is 3.78. The van der Waals surface area contributed by atoms with E-state index in [0.29, 0.717) is 17.1 Å². The Hall–Kier alpha value is -2.15. The average molecular weight is 219 g/mol. The first-order valence-corrected chi connectivity index (χ1v) is 4.64. The van der Waals surface area contributed by atoms with Gasteiger partial charge in [-0.15, -0.1) is 6.42 Å². The number of methoxy groups -OCH3 is 1. The number of hydrogen-bond acceptors (Lipinski definition) is 3. The van der Waals surface area contributed by atoms with Gasteiger partial charge in [-0.2, -0.15) is 0 Å². The van der Waals surface area contributed by atoms with E-state index >= 15 is 0 Å². The van der Waals surface area contributed by atoms with Crippen molar-refractivity contribution in [2.75, 3.05) is 13.7 Å². The lowest BCUT2D eigenvalue weighted by Gasteiger charge is -2.12. The predicted octanol–water partition coefficient (Wildman–Crippen LogP) is 1.11. The van der Waals surface area contributed by atoms with Gasteiger partial charge < -0.3 is 15.2 Å². The number of terminal acetylenes is 1. The monoisotopic (exact) mass is 219 g/mol. The highest BCUT2D eigenvalue weighted by atomic mass is 16.5. The number of hydrogen-bond donors (Lipinski definition) is 1. The molecule has 1 amide bonds. The van der Waals surface area contributed by atoms with Crippen molar-refractivity contribution in [3.05, 3.63) is 23.3 Å². The van der Waals surface area contributed by atoms with E-state index in [0.717, 1.165) is 5.56 Å². The van der Waals surface area contributed by atoms with Gasteiger partial charge in [0.15, 0.2) is 11.5 Å². The highest BCUT2D eigenvalue weighted by molar-refractivity contribution is 5.93. The Morgan fingerprint density at radius 3 is 2.75 bits per heavy atom. The van der Waals surface area contributed by atoms with Crippen molar-refractivity contribution < 1.29 is 14.3 Å². The van der Waals surface area contributed by atoms with Crippen LogP contribution in [0.1, 0.15) is 15.9 Å². The van der Waals surface area contributed by atoms with Gasteiger partial charge in [-0.3, -0.25) is 4.79 Å². The molecule has 4 heteroatoms. The second-order valence-electron chi connectivity index (χ2n) is 3.18.